The number of fused-ring (bicyclic) bond motifs is 1. The minimum absolute atomic E-state index is 0.0393. The second-order valence-corrected chi connectivity index (χ2v) is 5.90. The van der Waals surface area contributed by atoms with Crippen LogP contribution >= 0.6 is 7.82 Å². The summed E-state index contributed by atoms with van der Waals surface area (Å²) in [6, 6.07) is 0. The van der Waals surface area contributed by atoms with Crippen LogP contribution in [0.2, 0.25) is 0 Å². The third kappa shape index (κ3) is 4.34. The van der Waals surface area contributed by atoms with Crippen molar-refractivity contribution in [2.75, 3.05) is 19.5 Å². The van der Waals surface area contributed by atoms with Crippen molar-refractivity contribution in [3.63, 3.8) is 0 Å². The lowest BCUT2D eigenvalue weighted by Gasteiger charge is -2.21. The summed E-state index contributed by atoms with van der Waals surface area (Å²) in [5, 5.41) is 14.0. The minimum Gasteiger partial charge on any atom is -0.390 e. The molecule has 0 aliphatic carbocycles. The first-order valence-electron chi connectivity index (χ1n) is 6.34. The Balaban J connectivity index is 2.17. The zero-order valence-corrected chi connectivity index (χ0v) is 12.9. The summed E-state index contributed by atoms with van der Waals surface area (Å²) in [6.07, 6.45) is -0.891. The van der Waals surface area contributed by atoms with E-state index in [1.54, 1.807) is 0 Å². The van der Waals surface area contributed by atoms with Gasteiger partial charge in [-0.3, -0.25) is 9.51 Å². The predicted molar refractivity (Wildman–Crippen MR) is 76.5 cm³/mol. The standard InChI is InChI=1S/C10H16N5O7P/c1-21-7(4-22-23(18,19)20)6(16)2-5-3-12-15-8(5)13-9(11)14-10(15)17/h3,6-7,16H,2,4H2,1H3,(H2,18,19,20)(H3,11,13,14,17). The molecule has 23 heavy (non-hydrogen) atoms. The number of H-pyrrole nitrogens is 1. The highest BCUT2D eigenvalue weighted by atomic mass is 31.2. The Bertz CT molecular complexity index is 783. The first kappa shape index (κ1) is 17.5. The molecular formula is C10H16N5O7P. The molecule has 0 aliphatic heterocycles. The zero-order valence-electron chi connectivity index (χ0n) is 12.0. The van der Waals surface area contributed by atoms with Gasteiger partial charge < -0.3 is 25.4 Å². The van der Waals surface area contributed by atoms with Gasteiger partial charge in [0.25, 0.3) is 0 Å². The number of rotatable bonds is 7. The van der Waals surface area contributed by atoms with Crippen LogP contribution in [-0.4, -0.2) is 60.4 Å². The molecule has 0 aromatic carbocycles. The largest absolute Gasteiger partial charge is 0.469 e. The summed E-state index contributed by atoms with van der Waals surface area (Å²) < 4.78 is 21.0. The van der Waals surface area contributed by atoms with E-state index in [9.17, 15) is 14.5 Å². The summed E-state index contributed by atoms with van der Waals surface area (Å²) >= 11 is 0. The monoisotopic (exact) mass is 349 g/mol. The highest BCUT2D eigenvalue weighted by Crippen LogP contribution is 2.36. The van der Waals surface area contributed by atoms with Crippen molar-refractivity contribution < 1.29 is 28.7 Å². The van der Waals surface area contributed by atoms with Gasteiger partial charge in [-0.2, -0.15) is 14.6 Å². The number of aromatic amines is 1. The molecular weight excluding hydrogens is 333 g/mol. The van der Waals surface area contributed by atoms with Gasteiger partial charge in [-0.05, 0) is 0 Å². The number of anilines is 1. The smallest absolute Gasteiger partial charge is 0.390 e. The SMILES string of the molecule is COC(COP(=O)(O)O)C(O)Cc1cnn2c(=O)[nH]c(N)nc12. The molecule has 0 spiro atoms. The summed E-state index contributed by atoms with van der Waals surface area (Å²) in [5.41, 5.74) is 5.46. The van der Waals surface area contributed by atoms with Gasteiger partial charge in [0, 0.05) is 19.1 Å². The number of aliphatic hydroxyl groups is 1. The molecule has 13 heteroatoms. The van der Waals surface area contributed by atoms with E-state index in [0.29, 0.717) is 5.56 Å². The molecule has 0 fully saturated rings. The topological polar surface area (TPSA) is 185 Å². The van der Waals surface area contributed by atoms with Crippen molar-refractivity contribution in [3.05, 3.63) is 22.2 Å². The normalized spacial score (nSPS) is 15.0. The lowest BCUT2D eigenvalue weighted by Crippen LogP contribution is -2.34. The van der Waals surface area contributed by atoms with Crippen LogP contribution in [0.25, 0.3) is 5.65 Å². The molecule has 0 saturated carbocycles. The number of hydrogen-bond donors (Lipinski definition) is 5. The number of aliphatic hydroxyl groups excluding tert-OH is 1. The maximum absolute atomic E-state index is 11.6. The Labute approximate surface area is 129 Å². The van der Waals surface area contributed by atoms with Gasteiger partial charge in [0.15, 0.2) is 5.65 Å². The maximum Gasteiger partial charge on any atom is 0.469 e. The van der Waals surface area contributed by atoms with Gasteiger partial charge in [-0.15, -0.1) is 0 Å². The number of ether oxygens (including phenoxy) is 1. The molecule has 12 nitrogen and oxygen atoms in total. The molecule has 2 atom stereocenters. The molecule has 0 aliphatic rings. The first-order valence-corrected chi connectivity index (χ1v) is 7.87. The average Bonchev–Trinajstić information content (AvgIpc) is 2.81. The van der Waals surface area contributed by atoms with Crippen molar-refractivity contribution in [2.45, 2.75) is 18.6 Å². The van der Waals surface area contributed by atoms with Crippen LogP contribution in [-0.2, 0) is 20.2 Å². The van der Waals surface area contributed by atoms with E-state index < -0.39 is 32.3 Å². The number of phosphoric acid groups is 1. The molecule has 0 bridgehead atoms. The van der Waals surface area contributed by atoms with Gasteiger partial charge in [0.2, 0.25) is 5.95 Å². The van der Waals surface area contributed by atoms with E-state index >= 15 is 0 Å². The molecule has 0 radical (unpaired) electrons. The predicted octanol–water partition coefficient (Wildman–Crippen LogP) is -1.97. The van der Waals surface area contributed by atoms with E-state index in [1.807, 2.05) is 0 Å². The molecule has 0 amide bonds. The van der Waals surface area contributed by atoms with Gasteiger partial charge in [-0.1, -0.05) is 0 Å². The van der Waals surface area contributed by atoms with Crippen LogP contribution < -0.4 is 11.4 Å². The number of phosphoric ester groups is 1. The molecule has 2 rings (SSSR count). The van der Waals surface area contributed by atoms with E-state index in [1.165, 1.54) is 13.3 Å². The van der Waals surface area contributed by atoms with Crippen LogP contribution in [0.3, 0.4) is 0 Å². The molecule has 128 valence electrons. The van der Waals surface area contributed by atoms with Crippen molar-refractivity contribution in [2.24, 2.45) is 0 Å². The molecule has 6 N–H and O–H groups in total. The van der Waals surface area contributed by atoms with Crippen molar-refractivity contribution in [1.82, 2.24) is 19.6 Å². The van der Waals surface area contributed by atoms with E-state index in [4.69, 9.17) is 20.3 Å². The molecule has 2 aromatic rings. The highest BCUT2D eigenvalue weighted by Gasteiger charge is 2.25. The van der Waals surface area contributed by atoms with E-state index in [2.05, 4.69) is 19.6 Å². The molecule has 0 saturated heterocycles. The lowest BCUT2D eigenvalue weighted by atomic mass is 10.1. The van der Waals surface area contributed by atoms with E-state index in [-0.39, 0.29) is 18.0 Å². The number of nitrogen functional groups attached to an aromatic ring is 1. The maximum atomic E-state index is 11.6. The fourth-order valence-corrected chi connectivity index (χ4v) is 2.30. The number of nitrogens with two attached hydrogens (primary N) is 1. The van der Waals surface area contributed by atoms with Crippen LogP contribution in [0, 0.1) is 0 Å². The van der Waals surface area contributed by atoms with Crippen LogP contribution in [0.5, 0.6) is 0 Å². The molecule has 2 heterocycles. The Kier molecular flexibility index (Phi) is 5.14. The van der Waals surface area contributed by atoms with Crippen LogP contribution in [0.15, 0.2) is 11.0 Å². The number of nitrogens with zero attached hydrogens (tertiary/aromatic N) is 3. The van der Waals surface area contributed by atoms with Crippen LogP contribution in [0.1, 0.15) is 5.56 Å². The zero-order chi connectivity index (χ0) is 17.2. The van der Waals surface area contributed by atoms with Gasteiger partial charge in [0.05, 0.1) is 18.9 Å². The summed E-state index contributed by atoms with van der Waals surface area (Å²) in [5.74, 6) is -0.105. The fraction of sp³-hybridized carbons (Fsp3) is 0.500. The summed E-state index contributed by atoms with van der Waals surface area (Å²) in [7, 11) is -3.42. The minimum atomic E-state index is -4.68. The third-order valence-electron chi connectivity index (χ3n) is 3.04. The Morgan fingerprint density at radius 1 is 1.52 bits per heavy atom. The summed E-state index contributed by atoms with van der Waals surface area (Å²) in [4.78, 5) is 35.2. The van der Waals surface area contributed by atoms with Crippen molar-refractivity contribution >= 4 is 19.4 Å². The Morgan fingerprint density at radius 3 is 2.83 bits per heavy atom. The Hall–Kier alpha value is -1.82. The summed E-state index contributed by atoms with van der Waals surface area (Å²) in [6.45, 7) is -0.517. The average molecular weight is 349 g/mol. The number of hydrogen-bond acceptors (Lipinski definition) is 8. The van der Waals surface area contributed by atoms with Crippen LogP contribution in [0.4, 0.5) is 5.95 Å². The molecule has 2 unspecified atom stereocenters. The fourth-order valence-electron chi connectivity index (χ4n) is 1.96. The number of nitrogens with one attached hydrogen (secondary N) is 1. The van der Waals surface area contributed by atoms with Gasteiger partial charge >= 0.3 is 13.5 Å². The molecule has 2 aromatic heterocycles. The van der Waals surface area contributed by atoms with Crippen molar-refractivity contribution in [3.8, 4) is 0 Å². The third-order valence-corrected chi connectivity index (χ3v) is 3.52. The number of methoxy groups -OCH3 is 1. The quantitative estimate of drug-likeness (QED) is 0.351. The number of aromatic nitrogens is 4. The lowest BCUT2D eigenvalue weighted by molar-refractivity contribution is -0.0392. The second-order valence-electron chi connectivity index (χ2n) is 4.66. The van der Waals surface area contributed by atoms with Gasteiger partial charge in [-0.25, -0.2) is 9.36 Å². The highest BCUT2D eigenvalue weighted by molar-refractivity contribution is 7.46. The Morgan fingerprint density at radius 2 is 2.22 bits per heavy atom. The van der Waals surface area contributed by atoms with E-state index in [0.717, 1.165) is 4.52 Å². The van der Waals surface area contributed by atoms with Crippen molar-refractivity contribution in [1.29, 1.82) is 0 Å². The van der Waals surface area contributed by atoms with Gasteiger partial charge in [0.1, 0.15) is 6.10 Å². The first-order chi connectivity index (χ1) is 10.7. The second kappa shape index (κ2) is 6.74.